The molecule has 0 radical (unpaired) electrons. The molecule has 1 unspecified atom stereocenters. The Kier molecular flexibility index (Phi) is 10.5. The third kappa shape index (κ3) is 6.72. The van der Waals surface area contributed by atoms with E-state index in [2.05, 4.69) is 40.7 Å². The predicted molar refractivity (Wildman–Crippen MR) is 140 cm³/mol. The van der Waals surface area contributed by atoms with Crippen LogP contribution in [0.3, 0.4) is 0 Å². The van der Waals surface area contributed by atoms with Crippen LogP contribution in [0.1, 0.15) is 105 Å². The van der Waals surface area contributed by atoms with Crippen molar-refractivity contribution >= 4 is 29.3 Å². The standard InChI is InChI=1S/C27H46O.Li.H2O4S.H/c1-18(2)7-6-8-19(3)23-11-12-24-22-10-9-20-17-21(28)13-15-26(20,4)25(22)14-16-27(23,24)5;;1-5(2,3)4;/h9,18-19,21-25,28H,6-8,10-17H2,1-5H3;;(H2,1,2,3,4);/t19?,21-,22-,23+,24-,25-,26-,27+;;;/m0.../s1. The molecule has 3 saturated carbocycles. The van der Waals surface area contributed by atoms with Crippen LogP contribution in [0.15, 0.2) is 11.6 Å². The van der Waals surface area contributed by atoms with Crippen molar-refractivity contribution in [2.45, 2.75) is 111 Å². The van der Waals surface area contributed by atoms with Crippen LogP contribution in [0.2, 0.25) is 0 Å². The monoisotopic (exact) mass is 492 g/mol. The van der Waals surface area contributed by atoms with Gasteiger partial charge in [-0.25, -0.2) is 0 Å². The number of fused-ring (bicyclic) bond motifs is 5. The molecular weight excluding hydrogens is 443 g/mol. The summed E-state index contributed by atoms with van der Waals surface area (Å²) in [4.78, 5) is 0. The van der Waals surface area contributed by atoms with Crippen LogP contribution in [-0.4, -0.2) is 47.6 Å². The number of rotatable bonds is 5. The molecule has 5 nitrogen and oxygen atoms in total. The van der Waals surface area contributed by atoms with Crippen LogP contribution in [0.25, 0.3) is 0 Å². The molecule has 4 rings (SSSR count). The second-order valence-corrected chi connectivity index (χ2v) is 13.5. The van der Waals surface area contributed by atoms with E-state index in [1.807, 2.05) is 0 Å². The zero-order valence-corrected chi connectivity index (χ0v) is 22.3. The number of allylic oxidation sites excluding steroid dienone is 1. The van der Waals surface area contributed by atoms with E-state index in [-0.39, 0.29) is 25.0 Å². The normalized spacial score (nSPS) is 40.0. The van der Waals surface area contributed by atoms with E-state index in [1.54, 1.807) is 5.57 Å². The van der Waals surface area contributed by atoms with Crippen molar-refractivity contribution < 1.29 is 22.6 Å². The van der Waals surface area contributed by atoms with Gasteiger partial charge in [0.25, 0.3) is 0 Å². The van der Waals surface area contributed by atoms with Gasteiger partial charge >= 0.3 is 29.3 Å². The van der Waals surface area contributed by atoms with E-state index < -0.39 is 10.4 Å². The molecule has 0 aromatic carbocycles. The van der Waals surface area contributed by atoms with Gasteiger partial charge in [-0.2, -0.15) is 8.42 Å². The van der Waals surface area contributed by atoms with Crippen LogP contribution in [0.4, 0.5) is 0 Å². The summed E-state index contributed by atoms with van der Waals surface area (Å²) in [5.74, 6) is 5.46. The third-order valence-corrected chi connectivity index (χ3v) is 10.3. The summed E-state index contributed by atoms with van der Waals surface area (Å²) in [6.45, 7) is 12.6. The molecule has 4 aliphatic rings. The molecule has 194 valence electrons. The van der Waals surface area contributed by atoms with E-state index >= 15 is 0 Å². The van der Waals surface area contributed by atoms with Gasteiger partial charge in [0.15, 0.2) is 0 Å². The topological polar surface area (TPSA) is 94.8 Å². The summed E-state index contributed by atoms with van der Waals surface area (Å²) in [5.41, 5.74) is 2.60. The molecule has 3 N–H and O–H groups in total. The first-order valence-corrected chi connectivity index (χ1v) is 14.7. The van der Waals surface area contributed by atoms with E-state index in [0.29, 0.717) is 10.8 Å². The van der Waals surface area contributed by atoms with Gasteiger partial charge in [-0.3, -0.25) is 9.11 Å². The van der Waals surface area contributed by atoms with Crippen LogP contribution in [-0.2, 0) is 10.4 Å². The first-order chi connectivity index (χ1) is 15.3. The molecule has 0 aliphatic heterocycles. The molecule has 3 fully saturated rings. The van der Waals surface area contributed by atoms with E-state index in [1.165, 1.54) is 57.8 Å². The SMILES string of the molecule is CC(C)CCCC(C)[C@H]1CC[C@H]2[C@@H]3CC=C4C[C@@H](O)CC[C@]4(C)[C@H]3CC[C@]12C.O=S(=O)(O)O.[LiH]. The Bertz CT molecular complexity index is 804. The fraction of sp³-hybridized carbons (Fsp3) is 0.926. The van der Waals surface area contributed by atoms with Crippen LogP contribution in [0.5, 0.6) is 0 Å². The van der Waals surface area contributed by atoms with Crippen molar-refractivity contribution in [3.05, 3.63) is 11.6 Å². The average Bonchev–Trinajstić information content (AvgIpc) is 3.04. The molecule has 0 spiro atoms. The molecule has 0 heterocycles. The number of hydrogen-bond acceptors (Lipinski definition) is 3. The predicted octanol–water partition coefficient (Wildman–Crippen LogP) is 6.09. The summed E-state index contributed by atoms with van der Waals surface area (Å²) in [7, 11) is -4.67. The van der Waals surface area contributed by atoms with Crippen molar-refractivity contribution in [3.63, 3.8) is 0 Å². The van der Waals surface area contributed by atoms with E-state index in [4.69, 9.17) is 17.5 Å². The molecule has 4 aliphatic carbocycles. The van der Waals surface area contributed by atoms with E-state index in [0.717, 1.165) is 48.3 Å². The quantitative estimate of drug-likeness (QED) is 0.245. The van der Waals surface area contributed by atoms with Gasteiger partial charge in [0.05, 0.1) is 6.10 Å². The van der Waals surface area contributed by atoms with E-state index in [9.17, 15) is 5.11 Å². The molecule has 8 atom stereocenters. The Balaban J connectivity index is 0.000000619. The van der Waals surface area contributed by atoms with Crippen molar-refractivity contribution in [2.24, 2.45) is 46.3 Å². The van der Waals surface area contributed by atoms with Crippen molar-refractivity contribution in [3.8, 4) is 0 Å². The molecule has 0 amide bonds. The van der Waals surface area contributed by atoms with Gasteiger partial charge in [-0.05, 0) is 97.7 Å². The van der Waals surface area contributed by atoms with Crippen LogP contribution in [0, 0.1) is 46.3 Å². The zero-order chi connectivity index (χ0) is 24.6. The molecule has 7 heteroatoms. The first-order valence-electron chi connectivity index (χ1n) is 13.3. The van der Waals surface area contributed by atoms with Crippen molar-refractivity contribution in [1.29, 1.82) is 0 Å². The fourth-order valence-electron chi connectivity index (χ4n) is 8.67. The summed E-state index contributed by atoms with van der Waals surface area (Å²) in [6.07, 6.45) is 17.2. The molecule has 0 aromatic heterocycles. The minimum absolute atomic E-state index is 0. The molecular formula is C27H49LiO5S. The Morgan fingerprint density at radius 1 is 1.00 bits per heavy atom. The van der Waals surface area contributed by atoms with Gasteiger partial charge in [0, 0.05) is 0 Å². The van der Waals surface area contributed by atoms with Crippen LogP contribution < -0.4 is 0 Å². The zero-order valence-electron chi connectivity index (χ0n) is 21.5. The first kappa shape index (κ1) is 30.4. The second-order valence-electron chi connectivity index (χ2n) is 12.6. The summed E-state index contributed by atoms with van der Waals surface area (Å²) in [6, 6.07) is 0. The second kappa shape index (κ2) is 11.7. The number of aliphatic hydroxyl groups is 1. The van der Waals surface area contributed by atoms with Crippen LogP contribution >= 0.6 is 0 Å². The molecule has 0 saturated heterocycles. The summed E-state index contributed by atoms with van der Waals surface area (Å²) >= 11 is 0. The summed E-state index contributed by atoms with van der Waals surface area (Å²) < 4.78 is 31.6. The molecule has 34 heavy (non-hydrogen) atoms. The fourth-order valence-corrected chi connectivity index (χ4v) is 8.67. The Labute approximate surface area is 220 Å². The Morgan fingerprint density at radius 2 is 1.65 bits per heavy atom. The maximum absolute atomic E-state index is 10.2. The number of aliphatic hydroxyl groups excluding tert-OH is 1. The number of hydrogen-bond donors (Lipinski definition) is 3. The maximum atomic E-state index is 10.2. The Morgan fingerprint density at radius 3 is 2.26 bits per heavy atom. The van der Waals surface area contributed by atoms with Gasteiger partial charge < -0.3 is 5.11 Å². The third-order valence-electron chi connectivity index (χ3n) is 10.3. The van der Waals surface area contributed by atoms with Gasteiger partial charge in [-0.1, -0.05) is 65.5 Å². The van der Waals surface area contributed by atoms with Gasteiger partial charge in [0.1, 0.15) is 0 Å². The summed E-state index contributed by atoms with van der Waals surface area (Å²) in [5, 5.41) is 10.2. The molecule has 0 bridgehead atoms. The van der Waals surface area contributed by atoms with Crippen molar-refractivity contribution in [1.82, 2.24) is 0 Å². The van der Waals surface area contributed by atoms with Gasteiger partial charge in [-0.15, -0.1) is 0 Å². The Hall–Kier alpha value is 0.167. The molecule has 0 aromatic rings. The van der Waals surface area contributed by atoms with Crippen molar-refractivity contribution in [2.75, 3.05) is 0 Å². The van der Waals surface area contributed by atoms with Gasteiger partial charge in [0.2, 0.25) is 0 Å². The minimum atomic E-state index is -4.67. The average molecular weight is 493 g/mol.